The number of nitrogens with zero attached hydrogens (tertiary/aromatic N) is 3. The second-order valence-electron chi connectivity index (χ2n) is 6.10. The zero-order valence-corrected chi connectivity index (χ0v) is 12.2. The fourth-order valence-corrected chi connectivity index (χ4v) is 3.02. The summed E-state index contributed by atoms with van der Waals surface area (Å²) in [6.45, 7) is 4.69. The summed E-state index contributed by atoms with van der Waals surface area (Å²) in [5.74, 6) is 2.35. The van der Waals surface area contributed by atoms with Crippen LogP contribution in [0.15, 0.2) is 30.6 Å². The minimum Gasteiger partial charge on any atom is -0.399 e. The lowest BCUT2D eigenvalue weighted by molar-refractivity contribution is 0.201. The van der Waals surface area contributed by atoms with E-state index in [1.807, 2.05) is 35.3 Å². The Labute approximate surface area is 120 Å². The fourth-order valence-electron chi connectivity index (χ4n) is 3.02. The van der Waals surface area contributed by atoms with Crippen LogP contribution in [0.25, 0.3) is 11.4 Å². The predicted octanol–water partition coefficient (Wildman–Crippen LogP) is 3.52. The lowest BCUT2D eigenvalue weighted by Crippen LogP contribution is -2.23. The van der Waals surface area contributed by atoms with Crippen molar-refractivity contribution in [1.29, 1.82) is 0 Å². The Balaban J connectivity index is 1.80. The van der Waals surface area contributed by atoms with Crippen molar-refractivity contribution in [3.8, 4) is 11.4 Å². The van der Waals surface area contributed by atoms with Crippen molar-refractivity contribution in [3.05, 3.63) is 30.6 Å². The summed E-state index contributed by atoms with van der Waals surface area (Å²) < 4.78 is 2.04. The average Bonchev–Trinajstić information content (AvgIpc) is 2.92. The SMILES string of the molecule is CC1CCC(n2cnc(-c3cccc(N)c3)n2)CC1C. The fraction of sp³-hybridized carbons (Fsp3) is 0.500. The average molecular weight is 270 g/mol. The van der Waals surface area contributed by atoms with Gasteiger partial charge in [0, 0.05) is 11.3 Å². The first kappa shape index (κ1) is 13.2. The van der Waals surface area contributed by atoms with Gasteiger partial charge in [0.2, 0.25) is 0 Å². The molecule has 0 radical (unpaired) electrons. The second kappa shape index (κ2) is 5.27. The molecule has 0 amide bonds. The molecule has 20 heavy (non-hydrogen) atoms. The standard InChI is InChI=1S/C16H22N4/c1-11-6-7-15(8-12(11)2)20-10-18-16(19-20)13-4-3-5-14(17)9-13/h3-5,9-12,15H,6-8,17H2,1-2H3. The van der Waals surface area contributed by atoms with Crippen molar-refractivity contribution in [1.82, 2.24) is 14.8 Å². The molecule has 1 aliphatic rings. The highest BCUT2D eigenvalue weighted by Crippen LogP contribution is 2.35. The zero-order chi connectivity index (χ0) is 14.1. The van der Waals surface area contributed by atoms with Gasteiger partial charge in [-0.15, -0.1) is 0 Å². The van der Waals surface area contributed by atoms with Gasteiger partial charge in [-0.25, -0.2) is 9.67 Å². The van der Waals surface area contributed by atoms with Crippen LogP contribution in [0.5, 0.6) is 0 Å². The molecule has 0 spiro atoms. The van der Waals surface area contributed by atoms with Crippen molar-refractivity contribution in [2.24, 2.45) is 11.8 Å². The third kappa shape index (κ3) is 2.55. The molecule has 1 aliphatic carbocycles. The minimum atomic E-state index is 0.489. The van der Waals surface area contributed by atoms with Crippen LogP contribution in [0.4, 0.5) is 5.69 Å². The van der Waals surface area contributed by atoms with Crippen LogP contribution in [-0.4, -0.2) is 14.8 Å². The summed E-state index contributed by atoms with van der Waals surface area (Å²) in [7, 11) is 0. The van der Waals surface area contributed by atoms with Gasteiger partial charge in [-0.1, -0.05) is 26.0 Å². The first-order valence-corrected chi connectivity index (χ1v) is 7.40. The van der Waals surface area contributed by atoms with Gasteiger partial charge in [-0.05, 0) is 43.2 Å². The lowest BCUT2D eigenvalue weighted by Gasteiger charge is -2.31. The highest BCUT2D eigenvalue weighted by molar-refractivity contribution is 5.60. The molecule has 1 aromatic heterocycles. The molecule has 3 atom stereocenters. The monoisotopic (exact) mass is 270 g/mol. The highest BCUT2D eigenvalue weighted by atomic mass is 15.3. The molecule has 0 bridgehead atoms. The number of rotatable bonds is 2. The molecule has 0 aliphatic heterocycles. The molecule has 2 N–H and O–H groups in total. The van der Waals surface area contributed by atoms with E-state index in [0.717, 1.165) is 28.9 Å². The molecule has 2 aromatic rings. The second-order valence-corrected chi connectivity index (χ2v) is 6.10. The van der Waals surface area contributed by atoms with Crippen LogP contribution in [0.2, 0.25) is 0 Å². The van der Waals surface area contributed by atoms with Gasteiger partial charge in [0.05, 0.1) is 6.04 Å². The Bertz CT molecular complexity index is 590. The number of anilines is 1. The minimum absolute atomic E-state index is 0.489. The first-order valence-electron chi connectivity index (χ1n) is 7.40. The van der Waals surface area contributed by atoms with Gasteiger partial charge in [0.25, 0.3) is 0 Å². The third-order valence-corrected chi connectivity index (χ3v) is 4.60. The number of nitrogen functional groups attached to an aromatic ring is 1. The molecule has 0 saturated heterocycles. The van der Waals surface area contributed by atoms with E-state index in [9.17, 15) is 0 Å². The third-order valence-electron chi connectivity index (χ3n) is 4.60. The zero-order valence-electron chi connectivity index (χ0n) is 12.2. The maximum absolute atomic E-state index is 5.82. The van der Waals surface area contributed by atoms with Crippen molar-refractivity contribution >= 4 is 5.69 Å². The molecular formula is C16H22N4. The Morgan fingerprint density at radius 1 is 1.20 bits per heavy atom. The topological polar surface area (TPSA) is 56.7 Å². The molecular weight excluding hydrogens is 248 g/mol. The Morgan fingerprint density at radius 2 is 2.05 bits per heavy atom. The Morgan fingerprint density at radius 3 is 2.80 bits per heavy atom. The van der Waals surface area contributed by atoms with Crippen LogP contribution in [-0.2, 0) is 0 Å². The van der Waals surface area contributed by atoms with Gasteiger partial charge in [0.1, 0.15) is 6.33 Å². The molecule has 106 valence electrons. The van der Waals surface area contributed by atoms with Gasteiger partial charge in [0.15, 0.2) is 5.82 Å². The molecule has 1 fully saturated rings. The highest BCUT2D eigenvalue weighted by Gasteiger charge is 2.26. The van der Waals surface area contributed by atoms with Gasteiger partial charge >= 0.3 is 0 Å². The molecule has 4 heteroatoms. The van der Waals surface area contributed by atoms with Crippen molar-refractivity contribution in [3.63, 3.8) is 0 Å². The van der Waals surface area contributed by atoms with E-state index < -0.39 is 0 Å². The summed E-state index contributed by atoms with van der Waals surface area (Å²) >= 11 is 0. The summed E-state index contributed by atoms with van der Waals surface area (Å²) in [6.07, 6.45) is 5.54. The van der Waals surface area contributed by atoms with E-state index in [0.29, 0.717) is 6.04 Å². The molecule has 3 unspecified atom stereocenters. The van der Waals surface area contributed by atoms with Gasteiger partial charge in [-0.3, -0.25) is 0 Å². The molecule has 1 aromatic carbocycles. The van der Waals surface area contributed by atoms with E-state index in [2.05, 4.69) is 23.9 Å². The number of benzene rings is 1. The number of hydrogen-bond donors (Lipinski definition) is 1. The van der Waals surface area contributed by atoms with Crippen LogP contribution in [0.3, 0.4) is 0 Å². The van der Waals surface area contributed by atoms with Crippen LogP contribution < -0.4 is 5.73 Å². The van der Waals surface area contributed by atoms with E-state index in [1.54, 1.807) is 0 Å². The molecule has 3 rings (SSSR count). The number of aromatic nitrogens is 3. The Kier molecular flexibility index (Phi) is 3.47. The van der Waals surface area contributed by atoms with Crippen molar-refractivity contribution < 1.29 is 0 Å². The molecule has 4 nitrogen and oxygen atoms in total. The summed E-state index contributed by atoms with van der Waals surface area (Å²) in [5.41, 5.74) is 7.55. The van der Waals surface area contributed by atoms with Crippen LogP contribution >= 0.6 is 0 Å². The van der Waals surface area contributed by atoms with E-state index in [1.165, 1.54) is 19.3 Å². The smallest absolute Gasteiger partial charge is 0.181 e. The normalized spacial score (nSPS) is 26.6. The quantitative estimate of drug-likeness (QED) is 0.849. The number of hydrogen-bond acceptors (Lipinski definition) is 3. The van der Waals surface area contributed by atoms with Gasteiger partial charge in [-0.2, -0.15) is 5.10 Å². The largest absolute Gasteiger partial charge is 0.399 e. The lowest BCUT2D eigenvalue weighted by atomic mass is 9.79. The van der Waals surface area contributed by atoms with Crippen molar-refractivity contribution in [2.75, 3.05) is 5.73 Å². The summed E-state index contributed by atoms with van der Waals surface area (Å²) in [4.78, 5) is 4.44. The van der Waals surface area contributed by atoms with E-state index in [-0.39, 0.29) is 0 Å². The summed E-state index contributed by atoms with van der Waals surface area (Å²) in [6, 6.07) is 8.23. The van der Waals surface area contributed by atoms with Crippen LogP contribution in [0, 0.1) is 11.8 Å². The van der Waals surface area contributed by atoms with E-state index >= 15 is 0 Å². The Hall–Kier alpha value is -1.84. The molecule has 1 heterocycles. The van der Waals surface area contributed by atoms with Gasteiger partial charge < -0.3 is 5.73 Å². The predicted molar refractivity (Wildman–Crippen MR) is 81.1 cm³/mol. The number of nitrogens with two attached hydrogens (primary N) is 1. The maximum Gasteiger partial charge on any atom is 0.181 e. The van der Waals surface area contributed by atoms with Crippen LogP contribution in [0.1, 0.15) is 39.2 Å². The van der Waals surface area contributed by atoms with E-state index in [4.69, 9.17) is 5.73 Å². The summed E-state index contributed by atoms with van der Waals surface area (Å²) in [5, 5.41) is 4.65. The first-order chi connectivity index (χ1) is 9.63. The molecule has 1 saturated carbocycles. The van der Waals surface area contributed by atoms with Crippen molar-refractivity contribution in [2.45, 2.75) is 39.2 Å². The maximum atomic E-state index is 5.82.